The van der Waals surface area contributed by atoms with E-state index >= 15 is 0 Å². The third-order valence-corrected chi connectivity index (χ3v) is 4.47. The van der Waals surface area contributed by atoms with Crippen molar-refractivity contribution in [3.05, 3.63) is 58.1 Å². The Morgan fingerprint density at radius 3 is 2.43 bits per heavy atom. The molecule has 0 aliphatic carbocycles. The number of halogens is 1. The SMILES string of the molecule is COc1ccc(CC(=O)NNC(=O)c2cc(Br)ccc2OCCC(C)C)cc1. The molecule has 150 valence electrons. The van der Waals surface area contributed by atoms with Crippen LogP contribution in [0, 0.1) is 5.92 Å². The summed E-state index contributed by atoms with van der Waals surface area (Å²) >= 11 is 3.36. The Labute approximate surface area is 173 Å². The van der Waals surface area contributed by atoms with E-state index in [4.69, 9.17) is 9.47 Å². The van der Waals surface area contributed by atoms with Crippen LogP contribution in [0.1, 0.15) is 36.2 Å². The summed E-state index contributed by atoms with van der Waals surface area (Å²) in [5.74, 6) is 0.938. The van der Waals surface area contributed by atoms with Gasteiger partial charge in [-0.25, -0.2) is 0 Å². The summed E-state index contributed by atoms with van der Waals surface area (Å²) in [5, 5.41) is 0. The molecule has 2 aromatic rings. The minimum absolute atomic E-state index is 0.139. The number of rotatable bonds is 8. The van der Waals surface area contributed by atoms with Gasteiger partial charge < -0.3 is 9.47 Å². The number of carbonyl (C=O) groups excluding carboxylic acids is 2. The summed E-state index contributed by atoms with van der Waals surface area (Å²) in [6.45, 7) is 4.73. The van der Waals surface area contributed by atoms with Crippen LogP contribution in [0.15, 0.2) is 46.9 Å². The van der Waals surface area contributed by atoms with E-state index < -0.39 is 5.91 Å². The first-order chi connectivity index (χ1) is 13.4. The molecule has 2 amide bonds. The Hall–Kier alpha value is -2.54. The molecule has 6 nitrogen and oxygen atoms in total. The molecule has 0 bridgehead atoms. The number of hydrogen-bond acceptors (Lipinski definition) is 4. The number of benzene rings is 2. The number of nitrogens with one attached hydrogen (secondary N) is 2. The van der Waals surface area contributed by atoms with Crippen molar-refractivity contribution in [3.63, 3.8) is 0 Å². The molecule has 0 aromatic heterocycles. The highest BCUT2D eigenvalue weighted by Gasteiger charge is 2.15. The van der Waals surface area contributed by atoms with Crippen LogP contribution in [0.25, 0.3) is 0 Å². The van der Waals surface area contributed by atoms with Gasteiger partial charge in [-0.05, 0) is 48.2 Å². The minimum atomic E-state index is -0.441. The normalized spacial score (nSPS) is 10.5. The van der Waals surface area contributed by atoms with Gasteiger partial charge in [-0.2, -0.15) is 0 Å². The molecule has 0 heterocycles. The first kappa shape index (κ1) is 21.8. The highest BCUT2D eigenvalue weighted by Crippen LogP contribution is 2.23. The van der Waals surface area contributed by atoms with Crippen molar-refractivity contribution in [1.82, 2.24) is 10.9 Å². The first-order valence-electron chi connectivity index (χ1n) is 9.03. The second kappa shape index (κ2) is 10.7. The number of hydrogen-bond donors (Lipinski definition) is 2. The van der Waals surface area contributed by atoms with Crippen LogP contribution >= 0.6 is 15.9 Å². The van der Waals surface area contributed by atoms with E-state index in [1.54, 1.807) is 43.5 Å². The smallest absolute Gasteiger partial charge is 0.273 e. The third-order valence-electron chi connectivity index (χ3n) is 3.98. The maximum Gasteiger partial charge on any atom is 0.273 e. The first-order valence-corrected chi connectivity index (χ1v) is 9.82. The average molecular weight is 449 g/mol. The van der Waals surface area contributed by atoms with Crippen molar-refractivity contribution in [2.45, 2.75) is 26.7 Å². The molecule has 0 aliphatic rings. The standard InChI is InChI=1S/C21H25BrN2O4/c1-14(2)10-11-28-19-9-6-16(22)13-18(19)21(26)24-23-20(25)12-15-4-7-17(27-3)8-5-15/h4-9,13-14H,10-12H2,1-3H3,(H,23,25)(H,24,26). The van der Waals surface area contributed by atoms with E-state index in [-0.39, 0.29) is 12.3 Å². The summed E-state index contributed by atoms with van der Waals surface area (Å²) in [5.41, 5.74) is 6.05. The lowest BCUT2D eigenvalue weighted by atomic mass is 10.1. The Morgan fingerprint density at radius 2 is 1.79 bits per heavy atom. The molecule has 2 N–H and O–H groups in total. The molecule has 0 saturated carbocycles. The summed E-state index contributed by atoms with van der Waals surface area (Å²) in [6, 6.07) is 12.4. The lowest BCUT2D eigenvalue weighted by Gasteiger charge is -2.13. The highest BCUT2D eigenvalue weighted by atomic mass is 79.9. The Balaban J connectivity index is 1.93. The molecule has 0 unspecified atom stereocenters. The lowest BCUT2D eigenvalue weighted by Crippen LogP contribution is -2.42. The van der Waals surface area contributed by atoms with E-state index in [1.165, 1.54) is 0 Å². The van der Waals surface area contributed by atoms with Crippen molar-refractivity contribution in [2.75, 3.05) is 13.7 Å². The van der Waals surface area contributed by atoms with Gasteiger partial charge in [0.1, 0.15) is 11.5 Å². The van der Waals surface area contributed by atoms with Gasteiger partial charge in [0.15, 0.2) is 0 Å². The second-order valence-corrected chi connectivity index (χ2v) is 7.61. The largest absolute Gasteiger partial charge is 0.497 e. The fraction of sp³-hybridized carbons (Fsp3) is 0.333. The Morgan fingerprint density at radius 1 is 1.07 bits per heavy atom. The molecule has 0 radical (unpaired) electrons. The zero-order valence-corrected chi connectivity index (χ0v) is 17.8. The van der Waals surface area contributed by atoms with Gasteiger partial charge in [-0.15, -0.1) is 0 Å². The second-order valence-electron chi connectivity index (χ2n) is 6.70. The molecule has 2 aromatic carbocycles. The van der Waals surface area contributed by atoms with E-state index in [0.29, 0.717) is 23.8 Å². The van der Waals surface area contributed by atoms with Crippen LogP contribution in [0.4, 0.5) is 0 Å². The molecule has 0 saturated heterocycles. The van der Waals surface area contributed by atoms with Crippen LogP contribution in [0.2, 0.25) is 0 Å². The molecule has 28 heavy (non-hydrogen) atoms. The third kappa shape index (κ3) is 6.88. The minimum Gasteiger partial charge on any atom is -0.497 e. The fourth-order valence-corrected chi connectivity index (χ4v) is 2.74. The van der Waals surface area contributed by atoms with Crippen molar-refractivity contribution in [2.24, 2.45) is 5.92 Å². The molecular weight excluding hydrogens is 424 g/mol. The van der Waals surface area contributed by atoms with Crippen LogP contribution < -0.4 is 20.3 Å². The monoisotopic (exact) mass is 448 g/mol. The van der Waals surface area contributed by atoms with Gasteiger partial charge in [0, 0.05) is 4.47 Å². The fourth-order valence-electron chi connectivity index (χ4n) is 2.38. The maximum atomic E-state index is 12.5. The number of methoxy groups -OCH3 is 1. The van der Waals surface area contributed by atoms with Gasteiger partial charge in [-0.3, -0.25) is 20.4 Å². The van der Waals surface area contributed by atoms with Gasteiger partial charge in [0.05, 0.1) is 25.7 Å². The molecule has 0 fully saturated rings. The highest BCUT2D eigenvalue weighted by molar-refractivity contribution is 9.10. The number of amides is 2. The lowest BCUT2D eigenvalue weighted by molar-refractivity contribution is -0.121. The zero-order valence-electron chi connectivity index (χ0n) is 16.3. The summed E-state index contributed by atoms with van der Waals surface area (Å²) in [6.07, 6.45) is 1.02. The predicted molar refractivity (Wildman–Crippen MR) is 111 cm³/mol. The van der Waals surface area contributed by atoms with Crippen molar-refractivity contribution in [3.8, 4) is 11.5 Å². The Kier molecular flexibility index (Phi) is 8.32. The van der Waals surface area contributed by atoms with E-state index in [1.807, 2.05) is 6.07 Å². The molecule has 0 aliphatic heterocycles. The summed E-state index contributed by atoms with van der Waals surface area (Å²) < 4.78 is 11.6. The molecule has 0 spiro atoms. The quantitative estimate of drug-likeness (QED) is 0.600. The predicted octanol–water partition coefficient (Wildman–Crippen LogP) is 3.89. The summed E-state index contributed by atoms with van der Waals surface area (Å²) in [7, 11) is 1.58. The summed E-state index contributed by atoms with van der Waals surface area (Å²) in [4.78, 5) is 24.6. The van der Waals surface area contributed by atoms with Crippen LogP contribution in [-0.4, -0.2) is 25.5 Å². The van der Waals surface area contributed by atoms with E-state index in [0.717, 1.165) is 22.2 Å². The number of hydrazine groups is 1. The van der Waals surface area contributed by atoms with Crippen LogP contribution in [0.3, 0.4) is 0 Å². The van der Waals surface area contributed by atoms with Gasteiger partial charge in [0.2, 0.25) is 5.91 Å². The maximum absolute atomic E-state index is 12.5. The van der Waals surface area contributed by atoms with Crippen LogP contribution in [-0.2, 0) is 11.2 Å². The number of ether oxygens (including phenoxy) is 2. The van der Waals surface area contributed by atoms with Crippen molar-refractivity contribution in [1.29, 1.82) is 0 Å². The molecule has 0 atom stereocenters. The van der Waals surface area contributed by atoms with Crippen LogP contribution in [0.5, 0.6) is 11.5 Å². The van der Waals surface area contributed by atoms with Crippen molar-refractivity contribution >= 4 is 27.7 Å². The van der Waals surface area contributed by atoms with Gasteiger partial charge >= 0.3 is 0 Å². The van der Waals surface area contributed by atoms with Gasteiger partial charge in [0.25, 0.3) is 5.91 Å². The van der Waals surface area contributed by atoms with E-state index in [2.05, 4.69) is 40.6 Å². The molecule has 7 heteroatoms. The number of carbonyl (C=O) groups is 2. The van der Waals surface area contributed by atoms with E-state index in [9.17, 15) is 9.59 Å². The molecular formula is C21H25BrN2O4. The zero-order chi connectivity index (χ0) is 20.5. The average Bonchev–Trinajstić information content (AvgIpc) is 2.67. The molecule has 2 rings (SSSR count). The Bertz CT molecular complexity index is 807. The topological polar surface area (TPSA) is 76.7 Å². The van der Waals surface area contributed by atoms with Gasteiger partial charge in [-0.1, -0.05) is 41.9 Å². The van der Waals surface area contributed by atoms with Crippen molar-refractivity contribution < 1.29 is 19.1 Å².